The van der Waals surface area contributed by atoms with E-state index in [0.717, 1.165) is 29.4 Å². The van der Waals surface area contributed by atoms with E-state index in [4.69, 9.17) is 25.5 Å². The second-order valence-electron chi connectivity index (χ2n) is 5.92. The minimum Gasteiger partial charge on any atom is -0.467 e. The first-order valence-corrected chi connectivity index (χ1v) is 8.46. The number of rotatable bonds is 7. The van der Waals surface area contributed by atoms with Crippen LogP contribution in [0.2, 0.25) is 5.02 Å². The van der Waals surface area contributed by atoms with Gasteiger partial charge in [-0.15, -0.1) is 0 Å². The first-order valence-electron chi connectivity index (χ1n) is 8.08. The summed E-state index contributed by atoms with van der Waals surface area (Å²) in [5, 5.41) is 10.9. The molecule has 0 spiro atoms. The smallest absolute Gasteiger partial charge is 0.129 e. The lowest BCUT2D eigenvalue weighted by molar-refractivity contribution is -0.0544. The van der Waals surface area contributed by atoms with E-state index >= 15 is 0 Å². The van der Waals surface area contributed by atoms with Crippen LogP contribution in [-0.4, -0.2) is 49.0 Å². The SMILES string of the molecule is O[C@@H](COCc1ccco1)CN1CCO[C@@H](c2ccc(Cl)cc2)C1. The number of β-amino-alcohol motifs (C(OH)–C–C–N with tert-alkyl or cyclic N) is 1. The first-order chi connectivity index (χ1) is 11.7. The Morgan fingerprint density at radius 3 is 2.88 bits per heavy atom. The van der Waals surface area contributed by atoms with Crippen LogP contribution in [0.5, 0.6) is 0 Å². The highest BCUT2D eigenvalue weighted by molar-refractivity contribution is 6.30. The number of hydrogen-bond acceptors (Lipinski definition) is 5. The van der Waals surface area contributed by atoms with Gasteiger partial charge in [0.05, 0.1) is 31.7 Å². The molecular weight excluding hydrogens is 330 g/mol. The molecule has 1 aromatic heterocycles. The van der Waals surface area contributed by atoms with Gasteiger partial charge in [0.1, 0.15) is 12.4 Å². The molecule has 0 bridgehead atoms. The van der Waals surface area contributed by atoms with E-state index in [1.165, 1.54) is 0 Å². The first kappa shape index (κ1) is 17.5. The molecule has 0 unspecified atom stereocenters. The number of hydrogen-bond donors (Lipinski definition) is 1. The molecule has 0 saturated carbocycles. The molecule has 2 heterocycles. The van der Waals surface area contributed by atoms with E-state index in [-0.39, 0.29) is 12.7 Å². The van der Waals surface area contributed by atoms with E-state index in [0.29, 0.717) is 19.8 Å². The van der Waals surface area contributed by atoms with Crippen LogP contribution in [0, 0.1) is 0 Å². The summed E-state index contributed by atoms with van der Waals surface area (Å²) in [4.78, 5) is 2.20. The molecule has 24 heavy (non-hydrogen) atoms. The zero-order valence-electron chi connectivity index (χ0n) is 13.4. The van der Waals surface area contributed by atoms with E-state index in [9.17, 15) is 5.11 Å². The van der Waals surface area contributed by atoms with Crippen molar-refractivity contribution in [1.82, 2.24) is 4.90 Å². The molecule has 2 aromatic rings. The fourth-order valence-electron chi connectivity index (χ4n) is 2.79. The van der Waals surface area contributed by atoms with Crippen molar-refractivity contribution in [1.29, 1.82) is 0 Å². The number of nitrogens with zero attached hydrogens (tertiary/aromatic N) is 1. The number of halogens is 1. The Kier molecular flexibility index (Phi) is 6.29. The summed E-state index contributed by atoms with van der Waals surface area (Å²) >= 11 is 5.93. The van der Waals surface area contributed by atoms with Gasteiger partial charge in [0.15, 0.2) is 0 Å². The van der Waals surface area contributed by atoms with Gasteiger partial charge in [0.2, 0.25) is 0 Å². The molecule has 6 heteroatoms. The number of morpholine rings is 1. The van der Waals surface area contributed by atoms with Crippen LogP contribution in [0.3, 0.4) is 0 Å². The van der Waals surface area contributed by atoms with Crippen LogP contribution in [0.4, 0.5) is 0 Å². The Labute approximate surface area is 146 Å². The fourth-order valence-corrected chi connectivity index (χ4v) is 2.91. The molecular formula is C18H22ClNO4. The lowest BCUT2D eigenvalue weighted by Crippen LogP contribution is -2.43. The Morgan fingerprint density at radius 2 is 2.12 bits per heavy atom. The molecule has 2 atom stereocenters. The van der Waals surface area contributed by atoms with Crippen LogP contribution < -0.4 is 0 Å². The number of benzene rings is 1. The van der Waals surface area contributed by atoms with Crippen molar-refractivity contribution in [2.24, 2.45) is 0 Å². The highest BCUT2D eigenvalue weighted by Crippen LogP contribution is 2.23. The van der Waals surface area contributed by atoms with Gasteiger partial charge in [0, 0.05) is 24.7 Å². The summed E-state index contributed by atoms with van der Waals surface area (Å²) in [6.45, 7) is 3.42. The van der Waals surface area contributed by atoms with Crippen molar-refractivity contribution in [2.45, 2.75) is 18.8 Å². The van der Waals surface area contributed by atoms with Crippen LogP contribution in [-0.2, 0) is 16.1 Å². The number of furan rings is 1. The average Bonchev–Trinajstić information content (AvgIpc) is 3.09. The van der Waals surface area contributed by atoms with Crippen molar-refractivity contribution < 1.29 is 19.0 Å². The third-order valence-electron chi connectivity index (χ3n) is 4.00. The van der Waals surface area contributed by atoms with Gasteiger partial charge in [-0.25, -0.2) is 0 Å². The highest BCUT2D eigenvalue weighted by Gasteiger charge is 2.23. The van der Waals surface area contributed by atoms with Crippen molar-refractivity contribution in [2.75, 3.05) is 32.8 Å². The summed E-state index contributed by atoms with van der Waals surface area (Å²) in [7, 11) is 0. The molecule has 130 valence electrons. The summed E-state index contributed by atoms with van der Waals surface area (Å²) < 4.78 is 16.5. The minimum atomic E-state index is -0.538. The molecule has 0 aliphatic carbocycles. The highest BCUT2D eigenvalue weighted by atomic mass is 35.5. The summed E-state index contributed by atoms with van der Waals surface area (Å²) in [6, 6.07) is 11.4. The van der Waals surface area contributed by atoms with Gasteiger partial charge in [-0.2, -0.15) is 0 Å². The van der Waals surface area contributed by atoms with Crippen molar-refractivity contribution in [3.8, 4) is 0 Å². The molecule has 5 nitrogen and oxygen atoms in total. The van der Waals surface area contributed by atoms with Gasteiger partial charge in [-0.1, -0.05) is 23.7 Å². The second-order valence-corrected chi connectivity index (χ2v) is 6.36. The molecule has 0 amide bonds. The maximum atomic E-state index is 10.2. The van der Waals surface area contributed by atoms with Gasteiger partial charge in [-0.05, 0) is 29.8 Å². The lowest BCUT2D eigenvalue weighted by Gasteiger charge is -2.34. The van der Waals surface area contributed by atoms with Gasteiger partial charge in [0.25, 0.3) is 0 Å². The normalized spacial score (nSPS) is 20.2. The van der Waals surface area contributed by atoms with Crippen molar-refractivity contribution in [3.05, 3.63) is 59.0 Å². The van der Waals surface area contributed by atoms with Gasteiger partial charge >= 0.3 is 0 Å². The largest absolute Gasteiger partial charge is 0.467 e. The number of aliphatic hydroxyl groups excluding tert-OH is 1. The molecule has 1 aromatic carbocycles. The standard InChI is InChI=1S/C18H22ClNO4/c19-15-5-3-14(4-6-15)18-11-20(7-9-24-18)10-16(21)12-22-13-17-2-1-8-23-17/h1-6,8,16,18,21H,7,9-13H2/t16-,18-/m1/s1. The van der Waals surface area contributed by atoms with Crippen molar-refractivity contribution in [3.63, 3.8) is 0 Å². The Bertz CT molecular complexity index is 602. The summed E-state index contributed by atoms with van der Waals surface area (Å²) in [5.74, 6) is 0.761. The monoisotopic (exact) mass is 351 g/mol. The van der Waals surface area contributed by atoms with Crippen LogP contribution in [0.25, 0.3) is 0 Å². The van der Waals surface area contributed by atoms with E-state index in [1.807, 2.05) is 36.4 Å². The van der Waals surface area contributed by atoms with Gasteiger partial charge in [-0.3, -0.25) is 4.90 Å². The van der Waals surface area contributed by atoms with Crippen molar-refractivity contribution >= 4 is 11.6 Å². The van der Waals surface area contributed by atoms with Crippen LogP contribution in [0.15, 0.2) is 47.1 Å². The van der Waals surface area contributed by atoms with E-state index in [2.05, 4.69) is 4.90 Å². The molecule has 3 rings (SSSR count). The molecule has 1 aliphatic rings. The Balaban J connectivity index is 1.43. The van der Waals surface area contributed by atoms with Crippen LogP contribution >= 0.6 is 11.6 Å². The average molecular weight is 352 g/mol. The lowest BCUT2D eigenvalue weighted by atomic mass is 10.1. The molecule has 0 radical (unpaired) electrons. The number of ether oxygens (including phenoxy) is 2. The maximum Gasteiger partial charge on any atom is 0.129 e. The fraction of sp³-hybridized carbons (Fsp3) is 0.444. The van der Waals surface area contributed by atoms with E-state index in [1.54, 1.807) is 6.26 Å². The summed E-state index contributed by atoms with van der Waals surface area (Å²) in [5.41, 5.74) is 1.10. The topological polar surface area (TPSA) is 55.1 Å². The quantitative estimate of drug-likeness (QED) is 0.831. The Hall–Kier alpha value is -1.37. The molecule has 1 N–H and O–H groups in total. The van der Waals surface area contributed by atoms with Crippen LogP contribution in [0.1, 0.15) is 17.4 Å². The minimum absolute atomic E-state index is 0.00672. The number of aliphatic hydroxyl groups is 1. The third-order valence-corrected chi connectivity index (χ3v) is 4.25. The molecule has 1 aliphatic heterocycles. The zero-order valence-corrected chi connectivity index (χ0v) is 14.2. The predicted molar refractivity (Wildman–Crippen MR) is 91.0 cm³/mol. The Morgan fingerprint density at radius 1 is 1.29 bits per heavy atom. The summed E-state index contributed by atoms with van der Waals surface area (Å²) in [6.07, 6.45) is 1.08. The second kappa shape index (κ2) is 8.65. The predicted octanol–water partition coefficient (Wildman–Crippen LogP) is 2.88. The van der Waals surface area contributed by atoms with Gasteiger partial charge < -0.3 is 19.0 Å². The molecule has 1 saturated heterocycles. The third kappa shape index (κ3) is 5.06. The van der Waals surface area contributed by atoms with E-state index < -0.39 is 6.10 Å². The maximum absolute atomic E-state index is 10.2. The zero-order chi connectivity index (χ0) is 16.8. The molecule has 1 fully saturated rings.